The van der Waals surface area contributed by atoms with Gasteiger partial charge >= 0.3 is 0 Å². The van der Waals surface area contributed by atoms with Crippen LogP contribution in [-0.2, 0) is 0 Å². The molecule has 16 heavy (non-hydrogen) atoms. The molecule has 0 radical (unpaired) electrons. The monoisotopic (exact) mass is 333 g/mol. The van der Waals surface area contributed by atoms with Crippen LogP contribution in [-0.4, -0.2) is 19.6 Å². The van der Waals surface area contributed by atoms with Gasteiger partial charge in [-0.2, -0.15) is 0 Å². The second kappa shape index (κ2) is 8.38. The van der Waals surface area contributed by atoms with Crippen molar-refractivity contribution >= 4 is 29.9 Å². The maximum Gasteiger partial charge on any atom is 0.191 e. The fourth-order valence-electron chi connectivity index (χ4n) is 1.39. The molecule has 0 aliphatic carbocycles. The third-order valence-corrected chi connectivity index (χ3v) is 2.22. The van der Waals surface area contributed by atoms with Crippen LogP contribution in [0.15, 0.2) is 35.3 Å². The van der Waals surface area contributed by atoms with Crippen LogP contribution < -0.4 is 10.6 Å². The van der Waals surface area contributed by atoms with Crippen molar-refractivity contribution < 1.29 is 0 Å². The third-order valence-electron chi connectivity index (χ3n) is 2.22. The Labute approximate surface area is 115 Å². The molecule has 0 spiro atoms. The fourth-order valence-corrected chi connectivity index (χ4v) is 1.39. The maximum atomic E-state index is 4.14. The fraction of sp³-hybridized carbons (Fsp3) is 0.417. The number of nitrogens with one attached hydrogen (secondary N) is 2. The molecule has 1 rings (SSSR count). The molecule has 4 heteroatoms. The Morgan fingerprint density at radius 3 is 2.44 bits per heavy atom. The first-order chi connectivity index (χ1) is 7.27. The molecule has 0 bridgehead atoms. The van der Waals surface area contributed by atoms with Crippen LogP contribution >= 0.6 is 24.0 Å². The summed E-state index contributed by atoms with van der Waals surface area (Å²) in [6, 6.07) is 10.6. The van der Waals surface area contributed by atoms with Crippen LogP contribution in [0.25, 0.3) is 0 Å². The van der Waals surface area contributed by atoms with Gasteiger partial charge in [0.05, 0.1) is 6.04 Å². The van der Waals surface area contributed by atoms with Gasteiger partial charge in [0.1, 0.15) is 0 Å². The molecule has 0 aliphatic rings. The van der Waals surface area contributed by atoms with Crippen molar-refractivity contribution in [3.8, 4) is 0 Å². The van der Waals surface area contributed by atoms with Crippen LogP contribution in [0.3, 0.4) is 0 Å². The zero-order chi connectivity index (χ0) is 11.1. The van der Waals surface area contributed by atoms with Crippen molar-refractivity contribution in [2.75, 3.05) is 13.6 Å². The van der Waals surface area contributed by atoms with Gasteiger partial charge in [0.2, 0.25) is 0 Å². The maximum absolute atomic E-state index is 4.14. The van der Waals surface area contributed by atoms with E-state index in [0.717, 1.165) is 12.5 Å². The molecule has 0 saturated heterocycles. The average Bonchev–Trinajstić information content (AvgIpc) is 2.29. The van der Waals surface area contributed by atoms with Crippen molar-refractivity contribution in [2.45, 2.75) is 19.9 Å². The summed E-state index contributed by atoms with van der Waals surface area (Å²) in [5, 5.41) is 6.49. The van der Waals surface area contributed by atoms with Gasteiger partial charge in [0.25, 0.3) is 0 Å². The van der Waals surface area contributed by atoms with Gasteiger partial charge in [0, 0.05) is 13.6 Å². The number of aliphatic imine (C=N–C) groups is 1. The van der Waals surface area contributed by atoms with E-state index in [1.165, 1.54) is 5.56 Å². The number of hydrogen-bond donors (Lipinski definition) is 2. The lowest BCUT2D eigenvalue weighted by Crippen LogP contribution is -2.38. The van der Waals surface area contributed by atoms with Crippen molar-refractivity contribution in [2.24, 2.45) is 4.99 Å². The van der Waals surface area contributed by atoms with Crippen molar-refractivity contribution in [3.63, 3.8) is 0 Å². The molecule has 1 aromatic carbocycles. The van der Waals surface area contributed by atoms with Crippen molar-refractivity contribution in [1.29, 1.82) is 0 Å². The second-order valence-electron chi connectivity index (χ2n) is 3.38. The lowest BCUT2D eigenvalue weighted by atomic mass is 10.1. The van der Waals surface area contributed by atoms with Gasteiger partial charge in [-0.05, 0) is 19.4 Å². The van der Waals surface area contributed by atoms with Gasteiger partial charge in [-0.3, -0.25) is 4.99 Å². The Hall–Kier alpha value is -0.780. The predicted octanol–water partition coefficient (Wildman–Crippen LogP) is 2.55. The molecule has 1 aromatic rings. The highest BCUT2D eigenvalue weighted by Gasteiger charge is 2.05. The van der Waals surface area contributed by atoms with Crippen LogP contribution in [0.1, 0.15) is 25.5 Å². The van der Waals surface area contributed by atoms with Crippen LogP contribution in [0.4, 0.5) is 0 Å². The highest BCUT2D eigenvalue weighted by Crippen LogP contribution is 2.10. The Kier molecular flexibility index (Phi) is 7.97. The minimum Gasteiger partial charge on any atom is -0.357 e. The number of halogens is 1. The number of nitrogens with zero attached hydrogens (tertiary/aromatic N) is 1. The standard InChI is InChI=1S/C12H19N3.HI/c1-4-14-12(13-3)15-10(2)11-8-6-5-7-9-11;/h5-10H,4H2,1-3H3,(H2,13,14,15);1H. The topological polar surface area (TPSA) is 36.4 Å². The first-order valence-electron chi connectivity index (χ1n) is 5.30. The summed E-state index contributed by atoms with van der Waals surface area (Å²) < 4.78 is 0. The van der Waals surface area contributed by atoms with Gasteiger partial charge < -0.3 is 10.6 Å². The first kappa shape index (κ1) is 15.2. The molecule has 1 atom stereocenters. The highest BCUT2D eigenvalue weighted by molar-refractivity contribution is 14.0. The lowest BCUT2D eigenvalue weighted by molar-refractivity contribution is 0.690. The van der Waals surface area contributed by atoms with Crippen molar-refractivity contribution in [1.82, 2.24) is 10.6 Å². The average molecular weight is 333 g/mol. The Morgan fingerprint density at radius 1 is 1.31 bits per heavy atom. The third kappa shape index (κ3) is 4.83. The van der Waals surface area contributed by atoms with Gasteiger partial charge in [-0.15, -0.1) is 24.0 Å². The molecule has 0 aromatic heterocycles. The van der Waals surface area contributed by atoms with Crippen LogP contribution in [0.5, 0.6) is 0 Å². The molecule has 1 unspecified atom stereocenters. The first-order valence-corrected chi connectivity index (χ1v) is 5.30. The smallest absolute Gasteiger partial charge is 0.191 e. The van der Waals surface area contributed by atoms with E-state index in [1.54, 1.807) is 7.05 Å². The minimum atomic E-state index is 0. The van der Waals surface area contributed by atoms with Crippen molar-refractivity contribution in [3.05, 3.63) is 35.9 Å². The zero-order valence-corrected chi connectivity index (χ0v) is 12.4. The number of guanidine groups is 1. The zero-order valence-electron chi connectivity index (χ0n) is 10.0. The molecule has 2 N–H and O–H groups in total. The summed E-state index contributed by atoms with van der Waals surface area (Å²) in [6.07, 6.45) is 0. The van der Waals surface area contributed by atoms with Gasteiger partial charge in [-0.1, -0.05) is 30.3 Å². The molecule has 0 saturated carbocycles. The summed E-state index contributed by atoms with van der Waals surface area (Å²) in [7, 11) is 1.78. The summed E-state index contributed by atoms with van der Waals surface area (Å²) in [6.45, 7) is 5.05. The van der Waals surface area contributed by atoms with E-state index in [9.17, 15) is 0 Å². The van der Waals surface area contributed by atoms with E-state index in [2.05, 4.69) is 41.6 Å². The molecule has 3 nitrogen and oxygen atoms in total. The molecular weight excluding hydrogens is 313 g/mol. The van der Waals surface area contributed by atoms with E-state index in [-0.39, 0.29) is 30.0 Å². The van der Waals surface area contributed by atoms with Crippen LogP contribution in [0, 0.1) is 0 Å². The predicted molar refractivity (Wildman–Crippen MR) is 80.4 cm³/mol. The number of benzene rings is 1. The van der Waals surface area contributed by atoms with Crippen LogP contribution in [0.2, 0.25) is 0 Å². The Balaban J connectivity index is 0.00000225. The largest absolute Gasteiger partial charge is 0.357 e. The Morgan fingerprint density at radius 2 is 1.94 bits per heavy atom. The SMILES string of the molecule is CCNC(=NC)NC(C)c1ccccc1.I. The number of rotatable bonds is 3. The van der Waals surface area contributed by atoms with E-state index >= 15 is 0 Å². The minimum absolute atomic E-state index is 0. The quantitative estimate of drug-likeness (QED) is 0.507. The molecule has 0 heterocycles. The summed E-state index contributed by atoms with van der Waals surface area (Å²) in [4.78, 5) is 4.14. The van der Waals surface area contributed by atoms with E-state index in [4.69, 9.17) is 0 Å². The summed E-state index contributed by atoms with van der Waals surface area (Å²) >= 11 is 0. The molecular formula is C12H20IN3. The van der Waals surface area contributed by atoms with E-state index < -0.39 is 0 Å². The van der Waals surface area contributed by atoms with Gasteiger partial charge in [0.15, 0.2) is 5.96 Å². The highest BCUT2D eigenvalue weighted by atomic mass is 127. The molecule has 90 valence electrons. The molecule has 0 fully saturated rings. The van der Waals surface area contributed by atoms with E-state index in [0.29, 0.717) is 0 Å². The lowest BCUT2D eigenvalue weighted by Gasteiger charge is -2.17. The normalized spacial score (nSPS) is 12.6. The molecule has 0 amide bonds. The van der Waals surface area contributed by atoms with E-state index in [1.807, 2.05) is 18.2 Å². The van der Waals surface area contributed by atoms with Gasteiger partial charge in [-0.25, -0.2) is 0 Å². The molecule has 0 aliphatic heterocycles. The number of hydrogen-bond acceptors (Lipinski definition) is 1. The summed E-state index contributed by atoms with van der Waals surface area (Å²) in [5.41, 5.74) is 1.26. The second-order valence-corrected chi connectivity index (χ2v) is 3.38. The Bertz CT molecular complexity index is 311. The summed E-state index contributed by atoms with van der Waals surface area (Å²) in [5.74, 6) is 0.842.